The van der Waals surface area contributed by atoms with E-state index in [0.29, 0.717) is 11.0 Å². The Balaban J connectivity index is 1.81. The molecule has 2 heterocycles. The number of piperidine rings is 1. The highest BCUT2D eigenvalue weighted by Crippen LogP contribution is 2.43. The van der Waals surface area contributed by atoms with Gasteiger partial charge in [0.15, 0.2) is 0 Å². The fourth-order valence-electron chi connectivity index (χ4n) is 3.23. The largest absolute Gasteiger partial charge is 0.317 e. The van der Waals surface area contributed by atoms with Crippen molar-refractivity contribution in [1.82, 2.24) is 10.2 Å². The average Bonchev–Trinajstić information content (AvgIpc) is 2.24. The summed E-state index contributed by atoms with van der Waals surface area (Å²) in [6.45, 7) is 12.3. The molecule has 2 aliphatic heterocycles. The standard InChI is InChI=1S/C14H28N2/c1-4-5-6-13(2,3)16-11-14(12-16)7-9-15-10-8-14/h15H,4-12H2,1-3H3. The second-order valence-electron chi connectivity index (χ2n) is 6.52. The lowest BCUT2D eigenvalue weighted by Crippen LogP contribution is -2.65. The summed E-state index contributed by atoms with van der Waals surface area (Å²) in [6.07, 6.45) is 6.85. The number of rotatable bonds is 4. The summed E-state index contributed by atoms with van der Waals surface area (Å²) in [5.41, 5.74) is 1.13. The van der Waals surface area contributed by atoms with Crippen LogP contribution in [0, 0.1) is 5.41 Å². The van der Waals surface area contributed by atoms with Crippen LogP contribution in [-0.4, -0.2) is 36.6 Å². The van der Waals surface area contributed by atoms with E-state index in [0.717, 1.165) is 0 Å². The van der Waals surface area contributed by atoms with Crippen molar-refractivity contribution in [3.63, 3.8) is 0 Å². The SMILES string of the molecule is CCCCC(C)(C)N1CC2(CCNCC2)C1. The van der Waals surface area contributed by atoms with E-state index in [4.69, 9.17) is 0 Å². The van der Waals surface area contributed by atoms with Gasteiger partial charge in [-0.05, 0) is 51.6 Å². The maximum Gasteiger partial charge on any atom is 0.0153 e. The third-order valence-electron chi connectivity index (χ3n) is 4.71. The minimum absolute atomic E-state index is 0.437. The number of likely N-dealkylation sites (tertiary alicyclic amines) is 1. The van der Waals surface area contributed by atoms with Crippen LogP contribution < -0.4 is 5.32 Å². The van der Waals surface area contributed by atoms with Crippen LogP contribution in [0.5, 0.6) is 0 Å². The first kappa shape index (κ1) is 12.4. The molecule has 2 saturated heterocycles. The van der Waals surface area contributed by atoms with Gasteiger partial charge < -0.3 is 5.32 Å². The molecule has 1 N–H and O–H groups in total. The highest BCUT2D eigenvalue weighted by Gasteiger charge is 2.47. The second-order valence-corrected chi connectivity index (χ2v) is 6.52. The molecule has 2 heteroatoms. The zero-order valence-corrected chi connectivity index (χ0v) is 11.3. The van der Waals surface area contributed by atoms with Gasteiger partial charge >= 0.3 is 0 Å². The maximum absolute atomic E-state index is 3.48. The van der Waals surface area contributed by atoms with Crippen molar-refractivity contribution >= 4 is 0 Å². The molecular formula is C14H28N2. The zero-order valence-electron chi connectivity index (χ0n) is 11.3. The normalized spacial score (nSPS) is 25.7. The van der Waals surface area contributed by atoms with Crippen LogP contribution in [0.2, 0.25) is 0 Å². The monoisotopic (exact) mass is 224 g/mol. The van der Waals surface area contributed by atoms with Crippen molar-refractivity contribution in [2.45, 2.75) is 58.4 Å². The Morgan fingerprint density at radius 1 is 1.19 bits per heavy atom. The maximum atomic E-state index is 3.48. The van der Waals surface area contributed by atoms with Crippen LogP contribution in [0.3, 0.4) is 0 Å². The molecule has 0 bridgehead atoms. The summed E-state index contributed by atoms with van der Waals surface area (Å²) >= 11 is 0. The number of nitrogens with zero attached hydrogens (tertiary/aromatic N) is 1. The van der Waals surface area contributed by atoms with E-state index >= 15 is 0 Å². The lowest BCUT2D eigenvalue weighted by atomic mass is 9.70. The van der Waals surface area contributed by atoms with Crippen LogP contribution in [0.4, 0.5) is 0 Å². The Bertz CT molecular complexity index is 221. The van der Waals surface area contributed by atoms with Gasteiger partial charge in [-0.25, -0.2) is 0 Å². The molecule has 0 aromatic carbocycles. The second kappa shape index (κ2) is 4.66. The first-order chi connectivity index (χ1) is 7.58. The Kier molecular flexibility index (Phi) is 3.60. The van der Waals surface area contributed by atoms with Gasteiger partial charge in [0, 0.05) is 18.6 Å². The zero-order chi connectivity index (χ0) is 11.6. The van der Waals surface area contributed by atoms with E-state index in [1.54, 1.807) is 0 Å². The van der Waals surface area contributed by atoms with Gasteiger partial charge in [-0.3, -0.25) is 4.90 Å². The highest BCUT2D eigenvalue weighted by atomic mass is 15.3. The van der Waals surface area contributed by atoms with E-state index in [1.807, 2.05) is 0 Å². The van der Waals surface area contributed by atoms with Gasteiger partial charge in [-0.2, -0.15) is 0 Å². The fraction of sp³-hybridized carbons (Fsp3) is 1.00. The predicted octanol–water partition coefficient (Wildman–Crippen LogP) is 2.64. The van der Waals surface area contributed by atoms with Crippen molar-refractivity contribution < 1.29 is 0 Å². The van der Waals surface area contributed by atoms with E-state index < -0.39 is 0 Å². The summed E-state index contributed by atoms with van der Waals surface area (Å²) in [4.78, 5) is 2.72. The predicted molar refractivity (Wildman–Crippen MR) is 69.7 cm³/mol. The number of hydrogen-bond acceptors (Lipinski definition) is 2. The summed E-state index contributed by atoms with van der Waals surface area (Å²) in [6, 6.07) is 0. The first-order valence-corrected chi connectivity index (χ1v) is 7.04. The minimum atomic E-state index is 0.437. The molecule has 2 nitrogen and oxygen atoms in total. The Labute approximate surface area is 101 Å². The van der Waals surface area contributed by atoms with Gasteiger partial charge in [0.2, 0.25) is 0 Å². The van der Waals surface area contributed by atoms with Crippen molar-refractivity contribution in [3.05, 3.63) is 0 Å². The van der Waals surface area contributed by atoms with Gasteiger partial charge in [-0.1, -0.05) is 19.8 Å². The quantitative estimate of drug-likeness (QED) is 0.790. The molecule has 0 radical (unpaired) electrons. The molecule has 2 fully saturated rings. The summed E-state index contributed by atoms with van der Waals surface area (Å²) in [7, 11) is 0. The molecule has 0 atom stereocenters. The fourth-order valence-corrected chi connectivity index (χ4v) is 3.23. The molecule has 2 rings (SSSR count). The topological polar surface area (TPSA) is 15.3 Å². The van der Waals surface area contributed by atoms with Crippen LogP contribution in [0.15, 0.2) is 0 Å². The molecule has 0 amide bonds. The van der Waals surface area contributed by atoms with Crippen molar-refractivity contribution in [2.24, 2.45) is 5.41 Å². The van der Waals surface area contributed by atoms with Crippen LogP contribution >= 0.6 is 0 Å². The van der Waals surface area contributed by atoms with Crippen molar-refractivity contribution in [1.29, 1.82) is 0 Å². The molecule has 0 saturated carbocycles. The lowest BCUT2D eigenvalue weighted by Gasteiger charge is -2.58. The molecule has 2 aliphatic rings. The summed E-state index contributed by atoms with van der Waals surface area (Å²) in [5, 5.41) is 3.48. The minimum Gasteiger partial charge on any atom is -0.317 e. The number of nitrogens with one attached hydrogen (secondary N) is 1. The van der Waals surface area contributed by atoms with E-state index in [-0.39, 0.29) is 0 Å². The molecule has 0 aromatic heterocycles. The highest BCUT2D eigenvalue weighted by molar-refractivity contribution is 5.02. The number of unbranched alkanes of at least 4 members (excludes halogenated alkanes) is 1. The molecule has 94 valence electrons. The Morgan fingerprint density at radius 2 is 1.81 bits per heavy atom. The number of hydrogen-bond donors (Lipinski definition) is 1. The molecule has 0 unspecified atom stereocenters. The van der Waals surface area contributed by atoms with Crippen molar-refractivity contribution in [2.75, 3.05) is 26.2 Å². The van der Waals surface area contributed by atoms with Gasteiger partial charge in [0.25, 0.3) is 0 Å². The molecule has 0 aliphatic carbocycles. The smallest absolute Gasteiger partial charge is 0.0153 e. The van der Waals surface area contributed by atoms with Crippen LogP contribution in [0.25, 0.3) is 0 Å². The summed E-state index contributed by atoms with van der Waals surface area (Å²) < 4.78 is 0. The van der Waals surface area contributed by atoms with Crippen molar-refractivity contribution in [3.8, 4) is 0 Å². The lowest BCUT2D eigenvalue weighted by molar-refractivity contribution is -0.0840. The molecule has 0 aromatic rings. The Hall–Kier alpha value is -0.0800. The molecular weight excluding hydrogens is 196 g/mol. The van der Waals surface area contributed by atoms with E-state index in [1.165, 1.54) is 58.3 Å². The average molecular weight is 224 g/mol. The third kappa shape index (κ3) is 2.43. The van der Waals surface area contributed by atoms with Crippen LogP contribution in [0.1, 0.15) is 52.9 Å². The van der Waals surface area contributed by atoms with Gasteiger partial charge in [0.05, 0.1) is 0 Å². The summed E-state index contributed by atoms with van der Waals surface area (Å²) in [5.74, 6) is 0. The first-order valence-electron chi connectivity index (χ1n) is 7.04. The molecule has 1 spiro atoms. The Morgan fingerprint density at radius 3 is 2.38 bits per heavy atom. The molecule has 16 heavy (non-hydrogen) atoms. The van der Waals surface area contributed by atoms with Gasteiger partial charge in [-0.15, -0.1) is 0 Å². The van der Waals surface area contributed by atoms with E-state index in [9.17, 15) is 0 Å². The third-order valence-corrected chi connectivity index (χ3v) is 4.71. The van der Waals surface area contributed by atoms with E-state index in [2.05, 4.69) is 31.0 Å². The van der Waals surface area contributed by atoms with Gasteiger partial charge in [0.1, 0.15) is 0 Å². The van der Waals surface area contributed by atoms with Crippen LogP contribution in [-0.2, 0) is 0 Å².